The molecule has 2 unspecified atom stereocenters. The number of rotatable bonds is 5. The molecule has 16 heavy (non-hydrogen) atoms. The lowest BCUT2D eigenvalue weighted by Crippen LogP contribution is -2.19. The standard InChI is InChI=1S/C13H21NO2/c1-5-9(2)12(14)10-7-6-8-11(15-3)13(10)16-4/h6-9,12H,5,14H2,1-4H3. The fourth-order valence-electron chi connectivity index (χ4n) is 1.73. The summed E-state index contributed by atoms with van der Waals surface area (Å²) in [6, 6.07) is 5.80. The molecule has 0 saturated heterocycles. The summed E-state index contributed by atoms with van der Waals surface area (Å²) in [6.07, 6.45) is 1.04. The van der Waals surface area contributed by atoms with E-state index in [1.165, 1.54) is 0 Å². The number of ether oxygens (including phenoxy) is 2. The molecule has 0 heterocycles. The van der Waals surface area contributed by atoms with Gasteiger partial charge in [0.1, 0.15) is 0 Å². The molecule has 1 aromatic carbocycles. The van der Waals surface area contributed by atoms with Crippen LogP contribution in [0.25, 0.3) is 0 Å². The molecule has 1 aromatic rings. The summed E-state index contributed by atoms with van der Waals surface area (Å²) in [6.45, 7) is 4.28. The van der Waals surface area contributed by atoms with E-state index in [0.29, 0.717) is 5.92 Å². The van der Waals surface area contributed by atoms with Crippen molar-refractivity contribution >= 4 is 0 Å². The van der Waals surface area contributed by atoms with Crippen molar-refractivity contribution in [3.8, 4) is 11.5 Å². The maximum Gasteiger partial charge on any atom is 0.165 e. The summed E-state index contributed by atoms with van der Waals surface area (Å²) in [4.78, 5) is 0. The van der Waals surface area contributed by atoms with Gasteiger partial charge in [0.25, 0.3) is 0 Å². The third-order valence-corrected chi connectivity index (χ3v) is 3.05. The van der Waals surface area contributed by atoms with Gasteiger partial charge >= 0.3 is 0 Å². The molecule has 0 aliphatic rings. The Bertz CT molecular complexity index is 339. The molecule has 2 N–H and O–H groups in total. The Balaban J connectivity index is 3.12. The van der Waals surface area contributed by atoms with Crippen molar-refractivity contribution in [3.05, 3.63) is 23.8 Å². The largest absolute Gasteiger partial charge is 0.493 e. The number of methoxy groups -OCH3 is 2. The molecule has 90 valence electrons. The van der Waals surface area contributed by atoms with E-state index in [0.717, 1.165) is 23.5 Å². The Morgan fingerprint density at radius 3 is 2.44 bits per heavy atom. The van der Waals surface area contributed by atoms with Crippen molar-refractivity contribution in [3.63, 3.8) is 0 Å². The summed E-state index contributed by atoms with van der Waals surface area (Å²) in [5.74, 6) is 1.90. The second-order valence-corrected chi connectivity index (χ2v) is 3.99. The molecule has 0 spiro atoms. The predicted molar refractivity (Wildman–Crippen MR) is 65.9 cm³/mol. The minimum Gasteiger partial charge on any atom is -0.493 e. The highest BCUT2D eigenvalue weighted by Gasteiger charge is 2.19. The van der Waals surface area contributed by atoms with Crippen molar-refractivity contribution in [2.75, 3.05) is 14.2 Å². The molecule has 0 fully saturated rings. The molecule has 3 nitrogen and oxygen atoms in total. The van der Waals surface area contributed by atoms with E-state index in [4.69, 9.17) is 15.2 Å². The zero-order valence-electron chi connectivity index (χ0n) is 10.5. The third kappa shape index (κ3) is 2.47. The number of hydrogen-bond donors (Lipinski definition) is 1. The minimum absolute atomic E-state index is 0.0185. The highest BCUT2D eigenvalue weighted by atomic mass is 16.5. The number of para-hydroxylation sites is 1. The first-order chi connectivity index (χ1) is 7.65. The average molecular weight is 223 g/mol. The molecular formula is C13H21NO2. The van der Waals surface area contributed by atoms with Gasteiger partial charge in [-0.2, -0.15) is 0 Å². The van der Waals surface area contributed by atoms with Gasteiger partial charge in [-0.15, -0.1) is 0 Å². The van der Waals surface area contributed by atoms with Crippen LogP contribution in [0.15, 0.2) is 18.2 Å². The maximum atomic E-state index is 6.21. The summed E-state index contributed by atoms with van der Waals surface area (Å²) < 4.78 is 10.6. The van der Waals surface area contributed by atoms with Gasteiger partial charge < -0.3 is 15.2 Å². The monoisotopic (exact) mass is 223 g/mol. The van der Waals surface area contributed by atoms with E-state index >= 15 is 0 Å². The SMILES string of the molecule is CCC(C)C(N)c1cccc(OC)c1OC. The van der Waals surface area contributed by atoms with E-state index < -0.39 is 0 Å². The highest BCUT2D eigenvalue weighted by Crippen LogP contribution is 2.36. The van der Waals surface area contributed by atoms with Crippen LogP contribution in [0.1, 0.15) is 31.9 Å². The Hall–Kier alpha value is -1.22. The molecule has 0 radical (unpaired) electrons. The Labute approximate surface area is 97.6 Å². The molecule has 0 bridgehead atoms. The highest BCUT2D eigenvalue weighted by molar-refractivity contribution is 5.48. The van der Waals surface area contributed by atoms with Crippen LogP contribution in [0.3, 0.4) is 0 Å². The van der Waals surface area contributed by atoms with Crippen molar-refractivity contribution in [2.24, 2.45) is 11.7 Å². The van der Waals surface area contributed by atoms with Crippen LogP contribution in [0.4, 0.5) is 0 Å². The van der Waals surface area contributed by atoms with Crippen LogP contribution in [0.2, 0.25) is 0 Å². The average Bonchev–Trinajstić information content (AvgIpc) is 2.35. The number of benzene rings is 1. The molecule has 0 amide bonds. The quantitative estimate of drug-likeness (QED) is 0.834. The normalized spacial score (nSPS) is 14.3. The maximum absolute atomic E-state index is 6.21. The van der Waals surface area contributed by atoms with Crippen molar-refractivity contribution in [1.82, 2.24) is 0 Å². The molecule has 3 heteroatoms. The lowest BCUT2D eigenvalue weighted by Gasteiger charge is -2.22. The lowest BCUT2D eigenvalue weighted by molar-refractivity contribution is 0.343. The topological polar surface area (TPSA) is 44.5 Å². The third-order valence-electron chi connectivity index (χ3n) is 3.05. The van der Waals surface area contributed by atoms with E-state index in [2.05, 4.69) is 13.8 Å². The first-order valence-corrected chi connectivity index (χ1v) is 5.62. The molecular weight excluding hydrogens is 202 g/mol. The smallest absolute Gasteiger partial charge is 0.165 e. The predicted octanol–water partition coefficient (Wildman–Crippen LogP) is 2.75. The molecule has 2 atom stereocenters. The molecule has 0 saturated carbocycles. The van der Waals surface area contributed by atoms with Gasteiger partial charge in [0.05, 0.1) is 14.2 Å². The summed E-state index contributed by atoms with van der Waals surface area (Å²) in [5, 5.41) is 0. The van der Waals surface area contributed by atoms with Gasteiger partial charge in [-0.05, 0) is 12.0 Å². The number of nitrogens with two attached hydrogens (primary N) is 1. The molecule has 0 aliphatic heterocycles. The van der Waals surface area contributed by atoms with Crippen molar-refractivity contribution < 1.29 is 9.47 Å². The van der Waals surface area contributed by atoms with Gasteiger partial charge in [0, 0.05) is 11.6 Å². The Kier molecular flexibility index (Phi) is 4.62. The summed E-state index contributed by atoms with van der Waals surface area (Å²) in [5.41, 5.74) is 7.22. The van der Waals surface area contributed by atoms with Gasteiger partial charge in [0.2, 0.25) is 0 Å². The van der Waals surface area contributed by atoms with Gasteiger partial charge in [-0.1, -0.05) is 32.4 Å². The minimum atomic E-state index is -0.0185. The van der Waals surface area contributed by atoms with E-state index in [1.807, 2.05) is 18.2 Å². The van der Waals surface area contributed by atoms with Crippen molar-refractivity contribution in [1.29, 1.82) is 0 Å². The van der Waals surface area contributed by atoms with Crippen LogP contribution < -0.4 is 15.2 Å². The van der Waals surface area contributed by atoms with Gasteiger partial charge in [-0.3, -0.25) is 0 Å². The first-order valence-electron chi connectivity index (χ1n) is 5.62. The second-order valence-electron chi connectivity index (χ2n) is 3.99. The molecule has 1 rings (SSSR count). The zero-order valence-corrected chi connectivity index (χ0v) is 10.5. The van der Waals surface area contributed by atoms with Crippen LogP contribution in [-0.4, -0.2) is 14.2 Å². The fourth-order valence-corrected chi connectivity index (χ4v) is 1.73. The molecule has 0 aromatic heterocycles. The fraction of sp³-hybridized carbons (Fsp3) is 0.538. The van der Waals surface area contributed by atoms with Gasteiger partial charge in [0.15, 0.2) is 11.5 Å². The summed E-state index contributed by atoms with van der Waals surface area (Å²) in [7, 11) is 3.28. The zero-order chi connectivity index (χ0) is 12.1. The molecule has 0 aliphatic carbocycles. The van der Waals surface area contributed by atoms with Crippen LogP contribution >= 0.6 is 0 Å². The van der Waals surface area contributed by atoms with Crippen LogP contribution in [0, 0.1) is 5.92 Å². The van der Waals surface area contributed by atoms with Crippen molar-refractivity contribution in [2.45, 2.75) is 26.3 Å². The lowest BCUT2D eigenvalue weighted by atomic mass is 9.92. The second kappa shape index (κ2) is 5.75. The van der Waals surface area contributed by atoms with E-state index in [1.54, 1.807) is 14.2 Å². The van der Waals surface area contributed by atoms with Crippen LogP contribution in [0.5, 0.6) is 11.5 Å². The Morgan fingerprint density at radius 1 is 1.25 bits per heavy atom. The van der Waals surface area contributed by atoms with E-state index in [9.17, 15) is 0 Å². The van der Waals surface area contributed by atoms with E-state index in [-0.39, 0.29) is 6.04 Å². The Morgan fingerprint density at radius 2 is 1.94 bits per heavy atom. The van der Waals surface area contributed by atoms with Crippen LogP contribution in [-0.2, 0) is 0 Å². The summed E-state index contributed by atoms with van der Waals surface area (Å²) >= 11 is 0. The first kappa shape index (κ1) is 12.8. The number of hydrogen-bond acceptors (Lipinski definition) is 3. The van der Waals surface area contributed by atoms with Gasteiger partial charge in [-0.25, -0.2) is 0 Å².